The molecule has 1 radical (unpaired) electrons. The molecule has 0 aliphatic heterocycles. The van der Waals surface area contributed by atoms with E-state index >= 15 is 0 Å². The number of hydrogen-bond acceptors (Lipinski definition) is 1. The molecule has 0 spiro atoms. The molecule has 0 unspecified atom stereocenters. The molecule has 0 fully saturated rings. The van der Waals surface area contributed by atoms with Gasteiger partial charge in [0.25, 0.3) is 0 Å². The molecule has 0 aromatic carbocycles. The summed E-state index contributed by atoms with van der Waals surface area (Å²) in [5.41, 5.74) is 0. The van der Waals surface area contributed by atoms with Gasteiger partial charge in [-0.3, -0.25) is 5.02 Å². The Morgan fingerprint density at radius 1 is 1.75 bits per heavy atom. The largest absolute Gasteiger partial charge is 0.453 e. The monoisotopic (exact) mass is 108 g/mol. The maximum Gasteiger partial charge on any atom is 0 e. The van der Waals surface area contributed by atoms with Crippen LogP contribution in [0.15, 0.2) is 0 Å². The second-order valence-corrected chi connectivity index (χ2v) is 0.354. The third-order valence-corrected chi connectivity index (χ3v) is 0. The summed E-state index contributed by atoms with van der Waals surface area (Å²) in [5, 5.41) is 1.83. The fourth-order valence-corrected chi connectivity index (χ4v) is 0. The normalized spacial score (nSPS) is 2.00. The molecule has 4 heavy (non-hydrogen) atoms. The first-order chi connectivity index (χ1) is 1.41. The van der Waals surface area contributed by atoms with Gasteiger partial charge in [-0.15, -0.1) is 0 Å². The molecule has 0 N–H and O–H groups in total. The van der Waals surface area contributed by atoms with Crippen molar-refractivity contribution in [3.05, 3.63) is 6.58 Å². The molecule has 0 aliphatic rings. The molecule has 0 aromatic heterocycles. The van der Waals surface area contributed by atoms with E-state index in [1.54, 1.807) is 0 Å². The van der Waals surface area contributed by atoms with Crippen LogP contribution in [0.25, 0.3) is 0 Å². The second-order valence-electron chi connectivity index (χ2n) is 0.118. The number of rotatable bonds is 0. The Hall–Kier alpha value is 0.454. The Bertz CT molecular complexity index is 27.0. The average molecular weight is 108 g/mol. The third-order valence-electron chi connectivity index (χ3n) is 0. The van der Waals surface area contributed by atoms with Crippen LogP contribution in [0.4, 0.5) is 0 Å². The van der Waals surface area contributed by atoms with Gasteiger partial charge in [0.15, 0.2) is 0 Å². The fraction of sp³-hybridized carbons (Fsp3) is 0. The van der Waals surface area contributed by atoms with Gasteiger partial charge in [-0.1, -0.05) is 12.2 Å². The summed E-state index contributed by atoms with van der Waals surface area (Å²) in [6, 6.07) is 0. The van der Waals surface area contributed by atoms with E-state index in [1.165, 1.54) is 0 Å². The summed E-state index contributed by atoms with van der Waals surface area (Å²) >= 11 is 3.92. The smallest absolute Gasteiger partial charge is 0 e. The predicted octanol–water partition coefficient (Wildman–Crippen LogP) is 0.572. The molecule has 0 amide bonds. The summed E-state index contributed by atoms with van der Waals surface area (Å²) < 4.78 is 0. The molecule has 0 bridgehead atoms. The molecule has 2 heteroatoms. The molecule has 21 valence electrons. The molecule has 0 heterocycles. The second kappa shape index (κ2) is 9.84. The van der Waals surface area contributed by atoms with Crippen LogP contribution in [0, 0.1) is 6.58 Å². The maximum atomic E-state index is 4.41. The van der Waals surface area contributed by atoms with Crippen LogP contribution in [0.2, 0.25) is 0 Å². The van der Waals surface area contributed by atoms with Crippen molar-refractivity contribution in [1.82, 2.24) is 0 Å². The minimum absolute atomic E-state index is 0. The van der Waals surface area contributed by atoms with Gasteiger partial charge in [0.05, 0.1) is 0 Å². The third kappa shape index (κ3) is 25.1. The van der Waals surface area contributed by atoms with E-state index in [4.69, 9.17) is 0 Å². The van der Waals surface area contributed by atoms with Crippen LogP contribution in [-0.2, 0) is 18.6 Å². The van der Waals surface area contributed by atoms with Crippen molar-refractivity contribution in [3.8, 4) is 0 Å². The van der Waals surface area contributed by atoms with E-state index in [9.17, 15) is 0 Å². The summed E-state index contributed by atoms with van der Waals surface area (Å²) in [5.74, 6) is 0. The zero-order chi connectivity index (χ0) is 2.71. The van der Waals surface area contributed by atoms with Gasteiger partial charge in [-0.05, 0) is 0 Å². The molecule has 0 saturated carbocycles. The van der Waals surface area contributed by atoms with Gasteiger partial charge >= 0.3 is 0 Å². The first-order valence-corrected chi connectivity index (χ1v) is 0.901. The molecule has 0 rings (SSSR count). The Balaban J connectivity index is 0. The van der Waals surface area contributed by atoms with Crippen molar-refractivity contribution < 1.29 is 18.6 Å². The molecule has 0 atom stereocenters. The molecule has 0 saturated heterocycles. The van der Waals surface area contributed by atoms with Gasteiger partial charge < -0.3 is 6.58 Å². The van der Waals surface area contributed by atoms with Gasteiger partial charge in [-0.2, -0.15) is 0 Å². The summed E-state index contributed by atoms with van der Waals surface area (Å²) in [7, 11) is 0. The molecule has 0 aliphatic carbocycles. The van der Waals surface area contributed by atoms with Crippen molar-refractivity contribution in [2.75, 3.05) is 0 Å². The standard InChI is InChI=1S/C2HS.V/c1-2-3;/h1H;/q-1;. The maximum absolute atomic E-state index is 4.41. The van der Waals surface area contributed by atoms with E-state index < -0.39 is 0 Å². The Labute approximate surface area is 42.8 Å². The van der Waals surface area contributed by atoms with Crippen LogP contribution >= 0.6 is 12.2 Å². The van der Waals surface area contributed by atoms with Crippen molar-refractivity contribution in [1.29, 1.82) is 0 Å². The van der Waals surface area contributed by atoms with Gasteiger partial charge in [0.2, 0.25) is 0 Å². The fourth-order valence-electron chi connectivity index (χ4n) is 0. The van der Waals surface area contributed by atoms with E-state index in [2.05, 4.69) is 18.8 Å². The Kier molecular flexibility index (Phi) is 21.7. The number of hydrogen-bond donors (Lipinski definition) is 0. The number of thiocarbonyl (C=S) groups is 1. The molecular weight excluding hydrogens is 107 g/mol. The van der Waals surface area contributed by atoms with Gasteiger partial charge in [0.1, 0.15) is 0 Å². The van der Waals surface area contributed by atoms with Crippen LogP contribution < -0.4 is 0 Å². The van der Waals surface area contributed by atoms with E-state index in [-0.39, 0.29) is 18.6 Å². The van der Waals surface area contributed by atoms with Crippen molar-refractivity contribution >= 4 is 17.2 Å². The first-order valence-electron chi connectivity index (χ1n) is 0.493. The molecule has 0 aromatic rings. The van der Waals surface area contributed by atoms with Crippen LogP contribution in [0.3, 0.4) is 0 Å². The van der Waals surface area contributed by atoms with Crippen LogP contribution in [0.1, 0.15) is 0 Å². The van der Waals surface area contributed by atoms with Gasteiger partial charge in [0, 0.05) is 18.6 Å². The SMILES string of the molecule is [CH-]=C=S.[V]. The van der Waals surface area contributed by atoms with Crippen LogP contribution in [0.5, 0.6) is 0 Å². The minimum atomic E-state index is 0. The average Bonchev–Trinajstić information content (AvgIpc) is 0.918. The topological polar surface area (TPSA) is 0 Å². The zero-order valence-electron chi connectivity index (χ0n) is 1.93. The van der Waals surface area contributed by atoms with E-state index in [0.29, 0.717) is 0 Å². The predicted molar refractivity (Wildman–Crippen MR) is 16.9 cm³/mol. The quantitative estimate of drug-likeness (QED) is 0.323. The van der Waals surface area contributed by atoms with Crippen LogP contribution in [-0.4, -0.2) is 5.02 Å². The molecular formula is C2HSV-. The molecule has 0 nitrogen and oxygen atoms in total. The van der Waals surface area contributed by atoms with E-state index in [0.717, 1.165) is 0 Å². The summed E-state index contributed by atoms with van der Waals surface area (Å²) in [6.45, 7) is 4.41. The van der Waals surface area contributed by atoms with Crippen molar-refractivity contribution in [2.24, 2.45) is 0 Å². The van der Waals surface area contributed by atoms with Gasteiger partial charge in [-0.25, -0.2) is 0 Å². The zero-order valence-corrected chi connectivity index (χ0v) is 4.15. The summed E-state index contributed by atoms with van der Waals surface area (Å²) in [4.78, 5) is 0. The Morgan fingerprint density at radius 3 is 1.75 bits per heavy atom. The van der Waals surface area contributed by atoms with Crippen molar-refractivity contribution in [2.45, 2.75) is 0 Å². The van der Waals surface area contributed by atoms with Crippen molar-refractivity contribution in [3.63, 3.8) is 0 Å². The minimum Gasteiger partial charge on any atom is -0.453 e. The summed E-state index contributed by atoms with van der Waals surface area (Å²) in [6.07, 6.45) is 0. The first kappa shape index (κ1) is 8.82. The Morgan fingerprint density at radius 2 is 1.75 bits per heavy atom. The van der Waals surface area contributed by atoms with E-state index in [1.807, 2.05) is 5.02 Å².